The van der Waals surface area contributed by atoms with Crippen LogP contribution in [-0.4, -0.2) is 46.7 Å². The first-order valence-corrected chi connectivity index (χ1v) is 11.0. The van der Waals surface area contributed by atoms with Gasteiger partial charge in [-0.2, -0.15) is 5.10 Å². The number of carboxylic acids is 1. The van der Waals surface area contributed by atoms with Crippen LogP contribution in [0.25, 0.3) is 10.8 Å². The summed E-state index contributed by atoms with van der Waals surface area (Å²) in [6.07, 6.45) is 1.14. The van der Waals surface area contributed by atoms with Crippen molar-refractivity contribution in [3.63, 3.8) is 0 Å². The summed E-state index contributed by atoms with van der Waals surface area (Å²) in [6.45, 7) is 0. The first kappa shape index (κ1) is 23.0. The minimum Gasteiger partial charge on any atom is -0.493 e. The zero-order valence-corrected chi connectivity index (χ0v) is 18.7. The molecule has 2 N–H and O–H groups in total. The second kappa shape index (κ2) is 10.2. The van der Waals surface area contributed by atoms with Gasteiger partial charge >= 0.3 is 11.9 Å². The summed E-state index contributed by atoms with van der Waals surface area (Å²) in [7, 11) is 1.46. The molecule has 34 heavy (non-hydrogen) atoms. The van der Waals surface area contributed by atoms with E-state index in [1.807, 2.05) is 30.3 Å². The molecular formula is C24H19N3O6S. The van der Waals surface area contributed by atoms with Gasteiger partial charge in [0.15, 0.2) is 16.7 Å². The topological polar surface area (TPSA) is 127 Å². The maximum Gasteiger partial charge on any atom is 0.344 e. The van der Waals surface area contributed by atoms with Crippen molar-refractivity contribution >= 4 is 51.8 Å². The number of aliphatic carboxylic acids is 1. The molecule has 10 heteroatoms. The number of hydrogen-bond acceptors (Lipinski definition) is 8. The third-order valence-electron chi connectivity index (χ3n) is 4.89. The van der Waals surface area contributed by atoms with E-state index in [0.717, 1.165) is 22.5 Å². The van der Waals surface area contributed by atoms with Crippen LogP contribution >= 0.6 is 11.8 Å². The monoisotopic (exact) mass is 477 g/mol. The van der Waals surface area contributed by atoms with Crippen LogP contribution in [-0.2, 0) is 9.59 Å². The Kier molecular flexibility index (Phi) is 6.88. The largest absolute Gasteiger partial charge is 0.493 e. The minimum absolute atomic E-state index is 0.222. The van der Waals surface area contributed by atoms with Gasteiger partial charge in [-0.3, -0.25) is 9.59 Å². The second-order valence-electron chi connectivity index (χ2n) is 7.17. The Bertz CT molecular complexity index is 1330. The van der Waals surface area contributed by atoms with Gasteiger partial charge in [-0.05, 0) is 40.6 Å². The van der Waals surface area contributed by atoms with Crippen molar-refractivity contribution in [3.8, 4) is 11.5 Å². The van der Waals surface area contributed by atoms with Crippen molar-refractivity contribution in [1.82, 2.24) is 5.32 Å². The molecular weight excluding hydrogens is 458 g/mol. The molecule has 1 amide bonds. The molecule has 0 bridgehead atoms. The van der Waals surface area contributed by atoms with Crippen molar-refractivity contribution in [2.75, 3.05) is 7.11 Å². The fourth-order valence-electron chi connectivity index (χ4n) is 3.30. The lowest BCUT2D eigenvalue weighted by Crippen LogP contribution is -2.26. The first-order chi connectivity index (χ1) is 16.4. The van der Waals surface area contributed by atoms with Crippen LogP contribution in [0, 0.1) is 0 Å². The van der Waals surface area contributed by atoms with Crippen LogP contribution in [0.15, 0.2) is 70.9 Å². The van der Waals surface area contributed by atoms with Gasteiger partial charge in [-0.1, -0.05) is 48.2 Å². The number of nitrogens with one attached hydrogen (secondary N) is 1. The highest BCUT2D eigenvalue weighted by Gasteiger charge is 2.32. The van der Waals surface area contributed by atoms with Gasteiger partial charge in [-0.25, -0.2) is 4.79 Å². The second-order valence-corrected chi connectivity index (χ2v) is 8.36. The van der Waals surface area contributed by atoms with Crippen LogP contribution in [0.4, 0.5) is 0 Å². The van der Waals surface area contributed by atoms with E-state index >= 15 is 0 Å². The predicted molar refractivity (Wildman–Crippen MR) is 129 cm³/mol. The number of amidine groups is 1. The maximum atomic E-state index is 12.8. The van der Waals surface area contributed by atoms with Crippen molar-refractivity contribution in [2.45, 2.75) is 11.7 Å². The van der Waals surface area contributed by atoms with Crippen LogP contribution in [0.3, 0.4) is 0 Å². The zero-order chi connectivity index (χ0) is 24.1. The molecule has 0 unspecified atom stereocenters. The first-order valence-electron chi connectivity index (χ1n) is 10.1. The Morgan fingerprint density at radius 1 is 1.12 bits per heavy atom. The van der Waals surface area contributed by atoms with Crippen molar-refractivity contribution < 1.29 is 29.0 Å². The average molecular weight is 477 g/mol. The molecule has 0 saturated carbocycles. The molecule has 1 fully saturated rings. The molecule has 3 aromatic rings. The van der Waals surface area contributed by atoms with Crippen LogP contribution < -0.4 is 14.8 Å². The SMILES string of the molecule is COc1cc(/C=N\N=C2/NC(=O)[C@H](CC(=O)O)S2)ccc1OC(=O)c1cccc2ccccc12. The molecule has 1 aliphatic heterocycles. The molecule has 0 aromatic heterocycles. The number of carbonyl (C=O) groups excluding carboxylic acids is 2. The Morgan fingerprint density at radius 2 is 1.91 bits per heavy atom. The quantitative estimate of drug-likeness (QED) is 0.231. The third-order valence-corrected chi connectivity index (χ3v) is 5.96. The van der Waals surface area contributed by atoms with Crippen molar-refractivity contribution in [1.29, 1.82) is 0 Å². The summed E-state index contributed by atoms with van der Waals surface area (Å²) >= 11 is 1.01. The summed E-state index contributed by atoms with van der Waals surface area (Å²) in [5.41, 5.74) is 1.06. The smallest absolute Gasteiger partial charge is 0.344 e. The minimum atomic E-state index is -1.06. The number of esters is 1. The van der Waals surface area contributed by atoms with Crippen LogP contribution in [0.5, 0.6) is 11.5 Å². The number of carboxylic acid groups (broad SMARTS) is 1. The maximum absolute atomic E-state index is 12.8. The summed E-state index contributed by atoms with van der Waals surface area (Å²) in [4.78, 5) is 35.4. The average Bonchev–Trinajstić information content (AvgIpc) is 3.17. The molecule has 1 atom stereocenters. The lowest BCUT2D eigenvalue weighted by Gasteiger charge is -2.11. The van der Waals surface area contributed by atoms with Gasteiger partial charge in [0.05, 0.1) is 25.3 Å². The van der Waals surface area contributed by atoms with Gasteiger partial charge in [-0.15, -0.1) is 5.10 Å². The van der Waals surface area contributed by atoms with Crippen molar-refractivity contribution in [2.24, 2.45) is 10.2 Å². The van der Waals surface area contributed by atoms with E-state index < -0.39 is 23.1 Å². The standard InChI is InChI=1S/C24H19N3O6S/c1-32-19-11-14(13-25-27-24-26-22(30)20(34-24)12-21(28)29)9-10-18(19)33-23(31)17-8-4-6-15-5-2-3-7-16(15)17/h2-11,13,20H,12H2,1H3,(H,28,29)(H,26,27,30)/b25-13-/t20-/m0/s1. The van der Waals surface area contributed by atoms with E-state index in [-0.39, 0.29) is 17.3 Å². The van der Waals surface area contributed by atoms with Gasteiger partial charge < -0.3 is 19.9 Å². The van der Waals surface area contributed by atoms with E-state index in [2.05, 4.69) is 15.5 Å². The molecule has 1 aliphatic rings. The number of methoxy groups -OCH3 is 1. The number of nitrogens with zero attached hydrogens (tertiary/aromatic N) is 2. The number of benzene rings is 3. The van der Waals surface area contributed by atoms with Crippen LogP contribution in [0.1, 0.15) is 22.3 Å². The summed E-state index contributed by atoms with van der Waals surface area (Å²) < 4.78 is 11.0. The number of ether oxygens (including phenoxy) is 2. The third kappa shape index (κ3) is 5.24. The summed E-state index contributed by atoms with van der Waals surface area (Å²) in [5.74, 6) is -1.41. The van der Waals surface area contributed by atoms with E-state index in [1.165, 1.54) is 13.3 Å². The number of fused-ring (bicyclic) bond motifs is 1. The zero-order valence-electron chi connectivity index (χ0n) is 17.9. The van der Waals surface area contributed by atoms with E-state index in [0.29, 0.717) is 16.9 Å². The molecule has 0 aliphatic carbocycles. The molecule has 9 nitrogen and oxygen atoms in total. The predicted octanol–water partition coefficient (Wildman–Crippen LogP) is 3.46. The number of thioether (sulfide) groups is 1. The highest BCUT2D eigenvalue weighted by molar-refractivity contribution is 8.15. The fraction of sp³-hybridized carbons (Fsp3) is 0.125. The van der Waals surface area contributed by atoms with Gasteiger partial charge in [0.1, 0.15) is 5.25 Å². The molecule has 0 radical (unpaired) electrons. The number of carbonyl (C=O) groups is 3. The molecule has 3 aromatic carbocycles. The Hall–Kier alpha value is -4.18. The molecule has 1 saturated heterocycles. The number of rotatable bonds is 7. The number of hydrogen-bond donors (Lipinski definition) is 2. The molecule has 172 valence electrons. The van der Waals surface area contributed by atoms with Crippen LogP contribution in [0.2, 0.25) is 0 Å². The Morgan fingerprint density at radius 3 is 2.71 bits per heavy atom. The molecule has 0 spiro atoms. The molecule has 4 rings (SSSR count). The van der Waals surface area contributed by atoms with E-state index in [1.54, 1.807) is 30.3 Å². The van der Waals surface area contributed by atoms with Gasteiger partial charge in [0, 0.05) is 0 Å². The highest BCUT2D eigenvalue weighted by Crippen LogP contribution is 2.29. The Labute approximate surface area is 198 Å². The number of amides is 1. The summed E-state index contributed by atoms with van der Waals surface area (Å²) in [6, 6.07) is 17.9. The van der Waals surface area contributed by atoms with Gasteiger partial charge in [0.2, 0.25) is 5.91 Å². The molecule has 1 heterocycles. The van der Waals surface area contributed by atoms with E-state index in [4.69, 9.17) is 14.6 Å². The van der Waals surface area contributed by atoms with Crippen molar-refractivity contribution in [3.05, 3.63) is 71.8 Å². The lowest BCUT2D eigenvalue weighted by molar-refractivity contribution is -0.138. The Balaban J connectivity index is 1.47. The van der Waals surface area contributed by atoms with Gasteiger partial charge in [0.25, 0.3) is 0 Å². The fourth-order valence-corrected chi connectivity index (χ4v) is 4.22. The lowest BCUT2D eigenvalue weighted by atomic mass is 10.0. The summed E-state index contributed by atoms with van der Waals surface area (Å²) in [5, 5.41) is 20.4. The van der Waals surface area contributed by atoms with E-state index in [9.17, 15) is 14.4 Å². The highest BCUT2D eigenvalue weighted by atomic mass is 32.2. The normalized spacial score (nSPS) is 16.7.